The summed E-state index contributed by atoms with van der Waals surface area (Å²) in [5.74, 6) is 0. The summed E-state index contributed by atoms with van der Waals surface area (Å²) in [6.45, 7) is 8.00. The molecule has 116 valence electrons. The second-order valence-electron chi connectivity index (χ2n) is 6.66. The molecule has 2 aliphatic heterocycles. The van der Waals surface area contributed by atoms with E-state index in [1.54, 1.807) is 7.11 Å². The number of pyridine rings is 1. The SMILES string of the molecule is COCCN1CCC2(CC1)CCN(Cc1cccnc1)C2. The Balaban J connectivity index is 1.48. The largest absolute Gasteiger partial charge is 0.383 e. The Labute approximate surface area is 128 Å². The summed E-state index contributed by atoms with van der Waals surface area (Å²) < 4.78 is 5.19. The lowest BCUT2D eigenvalue weighted by atomic mass is 9.78. The molecule has 0 aromatic carbocycles. The van der Waals surface area contributed by atoms with Crippen molar-refractivity contribution in [3.8, 4) is 0 Å². The molecule has 0 atom stereocenters. The molecule has 1 spiro atoms. The molecule has 2 aliphatic rings. The minimum Gasteiger partial charge on any atom is -0.383 e. The Bertz CT molecular complexity index is 429. The van der Waals surface area contributed by atoms with E-state index in [-0.39, 0.29) is 0 Å². The summed E-state index contributed by atoms with van der Waals surface area (Å²) in [4.78, 5) is 9.39. The summed E-state index contributed by atoms with van der Waals surface area (Å²) in [7, 11) is 1.79. The Kier molecular flexibility index (Phi) is 4.88. The number of hydrogen-bond acceptors (Lipinski definition) is 4. The number of piperidine rings is 1. The quantitative estimate of drug-likeness (QED) is 0.829. The van der Waals surface area contributed by atoms with Crippen LogP contribution in [0.3, 0.4) is 0 Å². The zero-order chi connectivity index (χ0) is 14.5. The van der Waals surface area contributed by atoms with Crippen molar-refractivity contribution >= 4 is 0 Å². The van der Waals surface area contributed by atoms with E-state index in [1.165, 1.54) is 51.0 Å². The number of rotatable bonds is 5. The average Bonchev–Trinajstić information content (AvgIpc) is 2.91. The smallest absolute Gasteiger partial charge is 0.0589 e. The van der Waals surface area contributed by atoms with E-state index in [4.69, 9.17) is 4.74 Å². The highest BCUT2D eigenvalue weighted by atomic mass is 16.5. The molecular weight excluding hydrogens is 262 g/mol. The third kappa shape index (κ3) is 3.82. The topological polar surface area (TPSA) is 28.6 Å². The number of ether oxygens (including phenoxy) is 1. The first-order valence-corrected chi connectivity index (χ1v) is 8.12. The van der Waals surface area contributed by atoms with Gasteiger partial charge in [0.1, 0.15) is 0 Å². The molecule has 4 heteroatoms. The van der Waals surface area contributed by atoms with Crippen molar-refractivity contribution in [2.75, 3.05) is 46.4 Å². The summed E-state index contributed by atoms with van der Waals surface area (Å²) in [5.41, 5.74) is 1.92. The van der Waals surface area contributed by atoms with Gasteiger partial charge in [0.15, 0.2) is 0 Å². The van der Waals surface area contributed by atoms with Gasteiger partial charge < -0.3 is 9.64 Å². The first-order valence-electron chi connectivity index (χ1n) is 8.12. The van der Waals surface area contributed by atoms with Crippen LogP contribution in [-0.2, 0) is 11.3 Å². The number of nitrogens with zero attached hydrogens (tertiary/aromatic N) is 3. The molecule has 2 saturated heterocycles. The molecule has 0 aliphatic carbocycles. The molecule has 0 unspecified atom stereocenters. The zero-order valence-corrected chi connectivity index (χ0v) is 13.1. The minimum absolute atomic E-state index is 0.575. The van der Waals surface area contributed by atoms with Crippen molar-refractivity contribution in [2.45, 2.75) is 25.8 Å². The Morgan fingerprint density at radius 2 is 1.95 bits per heavy atom. The van der Waals surface area contributed by atoms with Crippen molar-refractivity contribution in [3.63, 3.8) is 0 Å². The van der Waals surface area contributed by atoms with Gasteiger partial charge in [-0.1, -0.05) is 6.07 Å². The standard InChI is InChI=1S/C17H27N3O/c1-21-12-11-19-8-4-17(5-9-19)6-10-20(15-17)14-16-3-2-7-18-13-16/h2-3,7,13H,4-6,8-12,14-15H2,1H3. The molecule has 4 nitrogen and oxygen atoms in total. The molecule has 0 saturated carbocycles. The Morgan fingerprint density at radius 3 is 2.62 bits per heavy atom. The van der Waals surface area contributed by atoms with Gasteiger partial charge in [0.2, 0.25) is 0 Å². The highest BCUT2D eigenvalue weighted by molar-refractivity contribution is 5.09. The van der Waals surface area contributed by atoms with Gasteiger partial charge >= 0.3 is 0 Å². The lowest BCUT2D eigenvalue weighted by Gasteiger charge is -2.39. The fourth-order valence-electron chi connectivity index (χ4n) is 3.79. The van der Waals surface area contributed by atoms with Crippen LogP contribution in [0.15, 0.2) is 24.5 Å². The normalized spacial score (nSPS) is 22.9. The van der Waals surface area contributed by atoms with Crippen molar-refractivity contribution in [1.29, 1.82) is 0 Å². The molecule has 21 heavy (non-hydrogen) atoms. The summed E-state index contributed by atoms with van der Waals surface area (Å²) in [5, 5.41) is 0. The minimum atomic E-state index is 0.575. The highest BCUT2D eigenvalue weighted by Crippen LogP contribution is 2.40. The number of methoxy groups -OCH3 is 1. The predicted molar refractivity (Wildman–Crippen MR) is 84.1 cm³/mol. The molecule has 1 aromatic heterocycles. The van der Waals surface area contributed by atoms with Crippen LogP contribution in [0, 0.1) is 5.41 Å². The van der Waals surface area contributed by atoms with E-state index >= 15 is 0 Å². The van der Waals surface area contributed by atoms with Gasteiger partial charge in [-0.3, -0.25) is 9.88 Å². The van der Waals surface area contributed by atoms with Gasteiger partial charge in [-0.05, 0) is 55.9 Å². The van der Waals surface area contributed by atoms with Crippen LogP contribution in [0.4, 0.5) is 0 Å². The Hall–Kier alpha value is -0.970. The van der Waals surface area contributed by atoms with Crippen LogP contribution in [0.25, 0.3) is 0 Å². The molecule has 0 bridgehead atoms. The van der Waals surface area contributed by atoms with Gasteiger partial charge in [0.25, 0.3) is 0 Å². The number of aromatic nitrogens is 1. The second kappa shape index (κ2) is 6.86. The van der Waals surface area contributed by atoms with Crippen LogP contribution < -0.4 is 0 Å². The summed E-state index contributed by atoms with van der Waals surface area (Å²) in [6.07, 6.45) is 7.91. The van der Waals surface area contributed by atoms with Gasteiger partial charge in [0, 0.05) is 39.1 Å². The van der Waals surface area contributed by atoms with Crippen molar-refractivity contribution in [2.24, 2.45) is 5.41 Å². The van der Waals surface area contributed by atoms with Crippen molar-refractivity contribution < 1.29 is 4.74 Å². The molecule has 0 N–H and O–H groups in total. The maximum Gasteiger partial charge on any atom is 0.0589 e. The van der Waals surface area contributed by atoms with Crippen LogP contribution in [0.2, 0.25) is 0 Å². The predicted octanol–water partition coefficient (Wildman–Crippen LogP) is 2.02. The molecule has 2 fully saturated rings. The van der Waals surface area contributed by atoms with Crippen LogP contribution >= 0.6 is 0 Å². The third-order valence-corrected chi connectivity index (χ3v) is 5.17. The second-order valence-corrected chi connectivity index (χ2v) is 6.66. The molecule has 0 radical (unpaired) electrons. The van der Waals surface area contributed by atoms with Crippen LogP contribution in [0.5, 0.6) is 0 Å². The Morgan fingerprint density at radius 1 is 1.19 bits per heavy atom. The van der Waals surface area contributed by atoms with Crippen LogP contribution in [-0.4, -0.2) is 61.2 Å². The van der Waals surface area contributed by atoms with Gasteiger partial charge in [-0.15, -0.1) is 0 Å². The van der Waals surface area contributed by atoms with E-state index in [0.717, 1.165) is 19.7 Å². The third-order valence-electron chi connectivity index (χ3n) is 5.17. The molecule has 3 rings (SSSR count). The van der Waals surface area contributed by atoms with Crippen molar-refractivity contribution in [1.82, 2.24) is 14.8 Å². The van der Waals surface area contributed by atoms with E-state index in [9.17, 15) is 0 Å². The van der Waals surface area contributed by atoms with E-state index < -0.39 is 0 Å². The zero-order valence-electron chi connectivity index (χ0n) is 13.1. The van der Waals surface area contributed by atoms with Gasteiger partial charge in [0.05, 0.1) is 6.61 Å². The maximum absolute atomic E-state index is 5.19. The van der Waals surface area contributed by atoms with Gasteiger partial charge in [-0.25, -0.2) is 0 Å². The molecule has 3 heterocycles. The maximum atomic E-state index is 5.19. The first kappa shape index (κ1) is 14.9. The van der Waals surface area contributed by atoms with E-state index in [2.05, 4.69) is 20.9 Å². The van der Waals surface area contributed by atoms with Crippen LogP contribution in [0.1, 0.15) is 24.8 Å². The highest BCUT2D eigenvalue weighted by Gasteiger charge is 2.40. The monoisotopic (exact) mass is 289 g/mol. The average molecular weight is 289 g/mol. The van der Waals surface area contributed by atoms with Crippen molar-refractivity contribution in [3.05, 3.63) is 30.1 Å². The summed E-state index contributed by atoms with van der Waals surface area (Å²) >= 11 is 0. The molecular formula is C17H27N3O. The first-order chi connectivity index (χ1) is 10.3. The number of likely N-dealkylation sites (tertiary alicyclic amines) is 2. The molecule has 0 amide bonds. The number of hydrogen-bond donors (Lipinski definition) is 0. The fraction of sp³-hybridized carbons (Fsp3) is 0.706. The van der Waals surface area contributed by atoms with E-state index in [1.807, 2.05) is 18.5 Å². The summed E-state index contributed by atoms with van der Waals surface area (Å²) in [6, 6.07) is 4.22. The fourth-order valence-corrected chi connectivity index (χ4v) is 3.79. The van der Waals surface area contributed by atoms with Gasteiger partial charge in [-0.2, -0.15) is 0 Å². The lowest BCUT2D eigenvalue weighted by Crippen LogP contribution is -2.42. The molecule has 1 aromatic rings. The lowest BCUT2D eigenvalue weighted by molar-refractivity contribution is 0.0806. The van der Waals surface area contributed by atoms with E-state index in [0.29, 0.717) is 5.41 Å².